The number of aryl methyl sites for hydroxylation is 1. The number of nitrogens with one attached hydrogen (secondary N) is 1. The van der Waals surface area contributed by atoms with Crippen LogP contribution in [0.5, 0.6) is 0 Å². The number of rotatable bonds is 3. The van der Waals surface area contributed by atoms with Gasteiger partial charge in [-0.05, 0) is 6.92 Å². The monoisotopic (exact) mass is 261 g/mol. The summed E-state index contributed by atoms with van der Waals surface area (Å²) in [6, 6.07) is 0. The van der Waals surface area contributed by atoms with E-state index in [4.69, 9.17) is 0 Å². The Hall–Kier alpha value is -1.56. The summed E-state index contributed by atoms with van der Waals surface area (Å²) in [5.74, 6) is 3.68. The van der Waals surface area contributed by atoms with Gasteiger partial charge < -0.3 is 9.88 Å². The Morgan fingerprint density at radius 2 is 2.28 bits per heavy atom. The van der Waals surface area contributed by atoms with Gasteiger partial charge >= 0.3 is 0 Å². The van der Waals surface area contributed by atoms with Gasteiger partial charge in [0.15, 0.2) is 5.82 Å². The van der Waals surface area contributed by atoms with Crippen LogP contribution in [0.15, 0.2) is 12.5 Å². The molecule has 1 N–H and O–H groups in total. The first-order valence-corrected chi connectivity index (χ1v) is 7.14. The molecule has 2 aromatic heterocycles. The zero-order valence-corrected chi connectivity index (χ0v) is 11.3. The summed E-state index contributed by atoms with van der Waals surface area (Å²) in [5.41, 5.74) is 3.38. The third-order valence-electron chi connectivity index (χ3n) is 3.10. The Morgan fingerprint density at radius 3 is 3.06 bits per heavy atom. The van der Waals surface area contributed by atoms with E-state index in [9.17, 15) is 0 Å². The predicted molar refractivity (Wildman–Crippen MR) is 73.5 cm³/mol. The summed E-state index contributed by atoms with van der Waals surface area (Å²) in [6.45, 7) is 2.97. The number of nitrogens with zero attached hydrogens (tertiary/aromatic N) is 4. The van der Waals surface area contributed by atoms with Gasteiger partial charge in [-0.15, -0.1) is 0 Å². The van der Waals surface area contributed by atoms with Gasteiger partial charge in [0.2, 0.25) is 0 Å². The van der Waals surface area contributed by atoms with Crippen LogP contribution in [0.25, 0.3) is 11.5 Å². The first-order chi connectivity index (χ1) is 8.83. The molecule has 3 heterocycles. The SMILES string of the molecule is CCn1cncc1-c1nc2c(c(NC)n1)CSC2. The van der Waals surface area contributed by atoms with Crippen molar-refractivity contribution in [3.8, 4) is 11.5 Å². The normalized spacial score (nSPS) is 13.7. The van der Waals surface area contributed by atoms with Crippen LogP contribution in [0.3, 0.4) is 0 Å². The standard InChI is InChI=1S/C12H15N5S/c1-3-17-7-14-4-10(17)12-15-9-6-18-5-8(9)11(13-2)16-12/h4,7H,3,5-6H2,1-2H3,(H,13,15,16). The maximum atomic E-state index is 4.68. The van der Waals surface area contributed by atoms with Gasteiger partial charge in [0.25, 0.3) is 0 Å². The van der Waals surface area contributed by atoms with E-state index in [0.29, 0.717) is 0 Å². The van der Waals surface area contributed by atoms with Gasteiger partial charge in [0.05, 0.1) is 18.2 Å². The average molecular weight is 261 g/mol. The molecule has 0 atom stereocenters. The lowest BCUT2D eigenvalue weighted by molar-refractivity contribution is 0.763. The fourth-order valence-corrected chi connectivity index (χ4v) is 3.17. The van der Waals surface area contributed by atoms with Crippen molar-refractivity contribution >= 4 is 17.6 Å². The van der Waals surface area contributed by atoms with E-state index in [2.05, 4.69) is 31.8 Å². The maximum Gasteiger partial charge on any atom is 0.180 e. The molecule has 0 fully saturated rings. The molecule has 0 aliphatic carbocycles. The molecule has 0 aromatic carbocycles. The zero-order valence-electron chi connectivity index (χ0n) is 10.5. The van der Waals surface area contributed by atoms with E-state index in [1.54, 1.807) is 0 Å². The van der Waals surface area contributed by atoms with E-state index >= 15 is 0 Å². The minimum Gasteiger partial charge on any atom is -0.373 e. The Kier molecular flexibility index (Phi) is 2.95. The van der Waals surface area contributed by atoms with Crippen LogP contribution in [0, 0.1) is 0 Å². The predicted octanol–water partition coefficient (Wildman–Crippen LogP) is 2.15. The van der Waals surface area contributed by atoms with E-state index < -0.39 is 0 Å². The van der Waals surface area contributed by atoms with Gasteiger partial charge in [0.1, 0.15) is 11.5 Å². The summed E-state index contributed by atoms with van der Waals surface area (Å²) in [6.07, 6.45) is 3.65. The van der Waals surface area contributed by atoms with Crippen molar-refractivity contribution in [3.05, 3.63) is 23.8 Å². The van der Waals surface area contributed by atoms with Crippen molar-refractivity contribution in [2.24, 2.45) is 0 Å². The van der Waals surface area contributed by atoms with E-state index in [1.807, 2.05) is 31.3 Å². The molecule has 0 saturated heterocycles. The van der Waals surface area contributed by atoms with Crippen LogP contribution in [0.4, 0.5) is 5.82 Å². The van der Waals surface area contributed by atoms with Gasteiger partial charge in [-0.1, -0.05) is 0 Å². The quantitative estimate of drug-likeness (QED) is 0.917. The number of fused-ring (bicyclic) bond motifs is 1. The van der Waals surface area contributed by atoms with Crippen molar-refractivity contribution in [1.82, 2.24) is 19.5 Å². The highest BCUT2D eigenvalue weighted by Gasteiger charge is 2.20. The van der Waals surface area contributed by atoms with Crippen LogP contribution in [0.2, 0.25) is 0 Å². The van der Waals surface area contributed by atoms with Gasteiger partial charge in [0, 0.05) is 30.7 Å². The summed E-state index contributed by atoms with van der Waals surface area (Å²) >= 11 is 1.88. The highest BCUT2D eigenvalue weighted by molar-refractivity contribution is 7.98. The number of imidazole rings is 1. The number of anilines is 1. The molecule has 6 heteroatoms. The number of hydrogen-bond donors (Lipinski definition) is 1. The molecule has 18 heavy (non-hydrogen) atoms. The van der Waals surface area contributed by atoms with Gasteiger partial charge in [-0.2, -0.15) is 11.8 Å². The molecule has 1 aliphatic heterocycles. The van der Waals surface area contributed by atoms with E-state index in [0.717, 1.165) is 41.1 Å². The molecule has 5 nitrogen and oxygen atoms in total. The van der Waals surface area contributed by atoms with Crippen LogP contribution in [-0.4, -0.2) is 26.6 Å². The minimum absolute atomic E-state index is 0.764. The molecular formula is C12H15N5S. The lowest BCUT2D eigenvalue weighted by Gasteiger charge is -2.09. The fraction of sp³-hybridized carbons (Fsp3) is 0.417. The molecule has 0 bridgehead atoms. The molecule has 0 radical (unpaired) electrons. The molecule has 0 unspecified atom stereocenters. The van der Waals surface area contributed by atoms with Gasteiger partial charge in [-0.3, -0.25) is 0 Å². The third kappa shape index (κ3) is 1.77. The highest BCUT2D eigenvalue weighted by Crippen LogP contribution is 2.34. The number of thioether (sulfide) groups is 1. The molecule has 1 aliphatic rings. The molecule has 3 rings (SSSR count). The summed E-state index contributed by atoms with van der Waals surface area (Å²) in [5, 5.41) is 3.17. The molecule has 0 saturated carbocycles. The number of aromatic nitrogens is 4. The average Bonchev–Trinajstić information content (AvgIpc) is 3.05. The summed E-state index contributed by atoms with van der Waals surface area (Å²) < 4.78 is 2.06. The van der Waals surface area contributed by atoms with Crippen LogP contribution >= 0.6 is 11.8 Å². The lowest BCUT2D eigenvalue weighted by Crippen LogP contribution is -2.05. The first-order valence-electron chi connectivity index (χ1n) is 5.99. The molecular weight excluding hydrogens is 246 g/mol. The Bertz CT molecular complexity index is 578. The molecule has 0 spiro atoms. The highest BCUT2D eigenvalue weighted by atomic mass is 32.2. The van der Waals surface area contributed by atoms with Gasteiger partial charge in [-0.25, -0.2) is 15.0 Å². The topological polar surface area (TPSA) is 55.6 Å². The summed E-state index contributed by atoms with van der Waals surface area (Å²) in [7, 11) is 1.91. The smallest absolute Gasteiger partial charge is 0.180 e. The van der Waals surface area contributed by atoms with Crippen LogP contribution < -0.4 is 5.32 Å². The van der Waals surface area contributed by atoms with Crippen molar-refractivity contribution < 1.29 is 0 Å². The van der Waals surface area contributed by atoms with E-state index in [1.165, 1.54) is 5.56 Å². The second-order valence-corrected chi connectivity index (χ2v) is 5.11. The lowest BCUT2D eigenvalue weighted by atomic mass is 10.2. The second kappa shape index (κ2) is 4.61. The summed E-state index contributed by atoms with van der Waals surface area (Å²) in [4.78, 5) is 13.5. The Morgan fingerprint density at radius 1 is 1.39 bits per heavy atom. The van der Waals surface area contributed by atoms with Crippen molar-refractivity contribution in [2.45, 2.75) is 25.0 Å². The van der Waals surface area contributed by atoms with Crippen molar-refractivity contribution in [1.29, 1.82) is 0 Å². The first kappa shape index (κ1) is 11.5. The largest absolute Gasteiger partial charge is 0.373 e. The maximum absolute atomic E-state index is 4.68. The van der Waals surface area contributed by atoms with Crippen molar-refractivity contribution in [2.75, 3.05) is 12.4 Å². The fourth-order valence-electron chi connectivity index (χ4n) is 2.13. The third-order valence-corrected chi connectivity index (χ3v) is 4.07. The Balaban J connectivity index is 2.13. The zero-order chi connectivity index (χ0) is 12.5. The van der Waals surface area contributed by atoms with Crippen LogP contribution in [-0.2, 0) is 18.1 Å². The molecule has 2 aromatic rings. The van der Waals surface area contributed by atoms with E-state index in [-0.39, 0.29) is 0 Å². The molecule has 94 valence electrons. The minimum atomic E-state index is 0.764. The van der Waals surface area contributed by atoms with Crippen LogP contribution in [0.1, 0.15) is 18.2 Å². The number of hydrogen-bond acceptors (Lipinski definition) is 5. The second-order valence-electron chi connectivity index (χ2n) is 4.13. The Labute approximate surface area is 110 Å². The van der Waals surface area contributed by atoms with Crippen molar-refractivity contribution in [3.63, 3.8) is 0 Å². The molecule has 0 amide bonds.